The summed E-state index contributed by atoms with van der Waals surface area (Å²) in [7, 11) is 1.62. The van der Waals surface area contributed by atoms with Gasteiger partial charge in [-0.3, -0.25) is 9.59 Å². The average Bonchev–Trinajstić information content (AvgIpc) is 3.25. The molecule has 0 saturated heterocycles. The number of hydrogen-bond donors (Lipinski definition) is 1. The lowest BCUT2D eigenvalue weighted by atomic mass is 10.1. The van der Waals surface area contributed by atoms with Crippen molar-refractivity contribution >= 4 is 23.4 Å². The van der Waals surface area contributed by atoms with Gasteiger partial charge >= 0.3 is 0 Å². The number of rotatable bonds is 8. The molecule has 160 valence electrons. The molecule has 5 nitrogen and oxygen atoms in total. The lowest BCUT2D eigenvalue weighted by Crippen LogP contribution is -2.50. The minimum absolute atomic E-state index is 0.102. The van der Waals surface area contributed by atoms with E-state index in [1.54, 1.807) is 31.1 Å². The summed E-state index contributed by atoms with van der Waals surface area (Å²) in [5.74, 6) is 0.541. The summed E-state index contributed by atoms with van der Waals surface area (Å²) in [6.07, 6.45) is 4.49. The number of methoxy groups -OCH3 is 1. The van der Waals surface area contributed by atoms with Gasteiger partial charge in [0.25, 0.3) is 0 Å². The van der Waals surface area contributed by atoms with Crippen LogP contribution in [-0.2, 0) is 22.6 Å². The fourth-order valence-corrected chi connectivity index (χ4v) is 4.04. The Morgan fingerprint density at radius 3 is 2.47 bits per heavy atom. The molecule has 1 N–H and O–H groups in total. The second-order valence-corrected chi connectivity index (χ2v) is 8.28. The van der Waals surface area contributed by atoms with Crippen molar-refractivity contribution in [2.75, 3.05) is 7.11 Å². The van der Waals surface area contributed by atoms with Crippen LogP contribution in [0.1, 0.15) is 43.7 Å². The third-order valence-electron chi connectivity index (χ3n) is 5.63. The van der Waals surface area contributed by atoms with E-state index in [9.17, 15) is 9.59 Å². The molecule has 30 heavy (non-hydrogen) atoms. The van der Waals surface area contributed by atoms with E-state index >= 15 is 0 Å². The van der Waals surface area contributed by atoms with Gasteiger partial charge in [0.05, 0.1) is 13.5 Å². The van der Waals surface area contributed by atoms with E-state index in [1.807, 2.05) is 36.4 Å². The minimum Gasteiger partial charge on any atom is -0.497 e. The van der Waals surface area contributed by atoms with E-state index in [2.05, 4.69) is 5.32 Å². The van der Waals surface area contributed by atoms with Crippen molar-refractivity contribution in [2.24, 2.45) is 0 Å². The molecular formula is C24H29ClN2O3. The first-order chi connectivity index (χ1) is 14.5. The molecule has 0 spiro atoms. The van der Waals surface area contributed by atoms with Crippen LogP contribution in [0.4, 0.5) is 0 Å². The Morgan fingerprint density at radius 2 is 1.83 bits per heavy atom. The van der Waals surface area contributed by atoms with Gasteiger partial charge in [-0.1, -0.05) is 48.7 Å². The summed E-state index contributed by atoms with van der Waals surface area (Å²) >= 11 is 6.07. The van der Waals surface area contributed by atoms with Crippen LogP contribution in [0.3, 0.4) is 0 Å². The van der Waals surface area contributed by atoms with Crippen molar-refractivity contribution in [3.05, 3.63) is 64.7 Å². The number of carbonyl (C=O) groups is 2. The maximum absolute atomic E-state index is 13.2. The Balaban J connectivity index is 1.76. The molecule has 0 radical (unpaired) electrons. The van der Waals surface area contributed by atoms with E-state index in [0.29, 0.717) is 11.6 Å². The van der Waals surface area contributed by atoms with E-state index in [0.717, 1.165) is 42.6 Å². The fourth-order valence-electron chi connectivity index (χ4n) is 3.83. The highest BCUT2D eigenvalue weighted by atomic mass is 35.5. The predicted molar refractivity (Wildman–Crippen MR) is 119 cm³/mol. The second-order valence-electron chi connectivity index (χ2n) is 7.84. The first kappa shape index (κ1) is 22.2. The van der Waals surface area contributed by atoms with Crippen molar-refractivity contribution in [3.8, 4) is 5.75 Å². The third kappa shape index (κ3) is 5.99. The molecule has 1 saturated carbocycles. The standard InChI is InChI=1S/C24H29ClN2O3/c1-17(24(29)26-21-8-3-4-9-21)27(16-18-10-12-22(30-2)13-11-18)23(28)15-19-6-5-7-20(25)14-19/h5-7,10-14,17,21H,3-4,8-9,15-16H2,1-2H3,(H,26,29). The van der Waals surface area contributed by atoms with Crippen LogP contribution in [0.5, 0.6) is 5.75 Å². The maximum atomic E-state index is 13.2. The summed E-state index contributed by atoms with van der Waals surface area (Å²) in [6, 6.07) is 14.5. The van der Waals surface area contributed by atoms with Crippen molar-refractivity contribution in [3.63, 3.8) is 0 Å². The van der Waals surface area contributed by atoms with Crippen LogP contribution in [0.15, 0.2) is 48.5 Å². The zero-order valence-corrected chi connectivity index (χ0v) is 18.3. The number of ether oxygens (including phenoxy) is 1. The Morgan fingerprint density at radius 1 is 1.13 bits per heavy atom. The number of hydrogen-bond acceptors (Lipinski definition) is 3. The lowest BCUT2D eigenvalue weighted by Gasteiger charge is -2.30. The SMILES string of the molecule is COc1ccc(CN(C(=O)Cc2cccc(Cl)c2)C(C)C(=O)NC2CCCC2)cc1. The van der Waals surface area contributed by atoms with E-state index in [4.69, 9.17) is 16.3 Å². The van der Waals surface area contributed by atoms with Crippen LogP contribution >= 0.6 is 11.6 Å². The lowest BCUT2D eigenvalue weighted by molar-refractivity contribution is -0.140. The zero-order valence-electron chi connectivity index (χ0n) is 17.6. The second kappa shape index (κ2) is 10.5. The number of amides is 2. The highest BCUT2D eigenvalue weighted by Crippen LogP contribution is 2.20. The van der Waals surface area contributed by atoms with E-state index in [-0.39, 0.29) is 24.3 Å². The van der Waals surface area contributed by atoms with Crippen molar-refractivity contribution in [1.82, 2.24) is 10.2 Å². The normalized spacial score (nSPS) is 14.9. The number of nitrogens with one attached hydrogen (secondary N) is 1. The van der Waals surface area contributed by atoms with Gasteiger partial charge in [0.15, 0.2) is 0 Å². The number of benzene rings is 2. The average molecular weight is 429 g/mol. The van der Waals surface area contributed by atoms with E-state index in [1.165, 1.54) is 0 Å². The van der Waals surface area contributed by atoms with Crippen LogP contribution in [0.25, 0.3) is 0 Å². The number of carbonyl (C=O) groups excluding carboxylic acids is 2. The van der Waals surface area contributed by atoms with Crippen molar-refractivity contribution < 1.29 is 14.3 Å². The summed E-state index contributed by atoms with van der Waals surface area (Å²) < 4.78 is 5.21. The highest BCUT2D eigenvalue weighted by molar-refractivity contribution is 6.30. The van der Waals surface area contributed by atoms with Gasteiger partial charge in [-0.15, -0.1) is 0 Å². The molecule has 1 fully saturated rings. The number of nitrogens with zero attached hydrogens (tertiary/aromatic N) is 1. The van der Waals surface area contributed by atoms with Crippen LogP contribution in [0, 0.1) is 0 Å². The molecule has 1 aliphatic carbocycles. The first-order valence-electron chi connectivity index (χ1n) is 10.4. The molecule has 3 rings (SSSR count). The van der Waals surface area contributed by atoms with Gasteiger partial charge < -0.3 is 15.0 Å². The molecule has 1 unspecified atom stereocenters. The van der Waals surface area contributed by atoms with Gasteiger partial charge in [-0.25, -0.2) is 0 Å². The molecular weight excluding hydrogens is 400 g/mol. The molecule has 0 aromatic heterocycles. The van der Waals surface area contributed by atoms with Crippen molar-refractivity contribution in [1.29, 1.82) is 0 Å². The molecule has 2 amide bonds. The summed E-state index contributed by atoms with van der Waals surface area (Å²) in [4.78, 5) is 27.8. The Kier molecular flexibility index (Phi) is 7.75. The third-order valence-corrected chi connectivity index (χ3v) is 5.86. The van der Waals surface area contributed by atoms with Crippen LogP contribution in [0.2, 0.25) is 5.02 Å². The molecule has 6 heteroatoms. The molecule has 0 aliphatic heterocycles. The van der Waals surface area contributed by atoms with Crippen LogP contribution < -0.4 is 10.1 Å². The molecule has 0 heterocycles. The van der Waals surface area contributed by atoms with Gasteiger partial charge in [0.1, 0.15) is 11.8 Å². The monoisotopic (exact) mass is 428 g/mol. The van der Waals surface area contributed by atoms with Gasteiger partial charge in [0.2, 0.25) is 11.8 Å². The fraction of sp³-hybridized carbons (Fsp3) is 0.417. The Bertz CT molecular complexity index is 863. The van der Waals surface area contributed by atoms with Crippen LogP contribution in [-0.4, -0.2) is 35.9 Å². The summed E-state index contributed by atoms with van der Waals surface area (Å²) in [5.41, 5.74) is 1.77. The first-order valence-corrected chi connectivity index (χ1v) is 10.8. The Labute approximate surface area is 183 Å². The maximum Gasteiger partial charge on any atom is 0.242 e. The predicted octanol–water partition coefficient (Wildman–Crippen LogP) is 4.37. The van der Waals surface area contributed by atoms with Crippen molar-refractivity contribution in [2.45, 2.75) is 57.7 Å². The molecule has 0 bridgehead atoms. The van der Waals surface area contributed by atoms with Gasteiger partial charge in [-0.05, 0) is 55.2 Å². The van der Waals surface area contributed by atoms with Gasteiger partial charge in [-0.2, -0.15) is 0 Å². The Hall–Kier alpha value is -2.53. The quantitative estimate of drug-likeness (QED) is 0.679. The molecule has 1 aliphatic rings. The van der Waals surface area contributed by atoms with Gasteiger partial charge in [0, 0.05) is 17.6 Å². The largest absolute Gasteiger partial charge is 0.497 e. The summed E-state index contributed by atoms with van der Waals surface area (Å²) in [6.45, 7) is 2.15. The minimum atomic E-state index is -0.570. The molecule has 2 aromatic rings. The number of halogens is 1. The topological polar surface area (TPSA) is 58.6 Å². The zero-order chi connectivity index (χ0) is 21.5. The molecule has 1 atom stereocenters. The van der Waals surface area contributed by atoms with E-state index < -0.39 is 6.04 Å². The highest BCUT2D eigenvalue weighted by Gasteiger charge is 2.28. The summed E-state index contributed by atoms with van der Waals surface area (Å²) in [5, 5.41) is 3.71. The molecule has 2 aromatic carbocycles. The smallest absolute Gasteiger partial charge is 0.242 e.